The summed E-state index contributed by atoms with van der Waals surface area (Å²) in [5.41, 5.74) is 4.95. The first kappa shape index (κ1) is 16.3. The third kappa shape index (κ3) is 4.44. The molecular formula is C16H16N2O5. The van der Waals surface area contributed by atoms with Crippen molar-refractivity contribution in [2.45, 2.75) is 12.5 Å². The van der Waals surface area contributed by atoms with Gasteiger partial charge in [-0.1, -0.05) is 36.4 Å². The van der Waals surface area contributed by atoms with E-state index in [1.165, 1.54) is 0 Å². The van der Waals surface area contributed by atoms with Gasteiger partial charge in [0.25, 0.3) is 5.91 Å². The van der Waals surface area contributed by atoms with Crippen molar-refractivity contribution < 1.29 is 24.2 Å². The molecule has 1 atom stereocenters. The number of rotatable bonds is 7. The molecule has 1 unspecified atom stereocenters. The molecule has 2 rings (SSSR count). The molecule has 2 aromatic carbocycles. The Kier molecular flexibility index (Phi) is 5.14. The van der Waals surface area contributed by atoms with E-state index < -0.39 is 30.2 Å². The van der Waals surface area contributed by atoms with E-state index in [0.29, 0.717) is 5.75 Å². The molecule has 0 aliphatic heterocycles. The van der Waals surface area contributed by atoms with E-state index in [2.05, 4.69) is 5.32 Å². The smallest absolute Gasteiger partial charge is 0.326 e. The lowest BCUT2D eigenvalue weighted by Crippen LogP contribution is -2.45. The van der Waals surface area contributed by atoms with Gasteiger partial charge in [0.2, 0.25) is 5.91 Å². The van der Waals surface area contributed by atoms with Crippen LogP contribution in [0.15, 0.2) is 42.5 Å². The van der Waals surface area contributed by atoms with Crippen molar-refractivity contribution >= 4 is 28.6 Å². The molecular weight excluding hydrogens is 300 g/mol. The molecule has 2 amide bonds. The summed E-state index contributed by atoms with van der Waals surface area (Å²) in [6, 6.07) is 11.6. The molecule has 0 spiro atoms. The number of carboxylic acids is 1. The number of benzene rings is 2. The second kappa shape index (κ2) is 7.26. The number of amides is 2. The first-order valence-corrected chi connectivity index (χ1v) is 6.88. The molecule has 0 radical (unpaired) electrons. The number of carbonyl (C=O) groups is 3. The van der Waals surface area contributed by atoms with E-state index in [-0.39, 0.29) is 6.61 Å². The Morgan fingerprint density at radius 2 is 1.83 bits per heavy atom. The van der Waals surface area contributed by atoms with Gasteiger partial charge in [-0.25, -0.2) is 4.79 Å². The van der Waals surface area contributed by atoms with Crippen LogP contribution in [0, 0.1) is 0 Å². The molecule has 0 fully saturated rings. The number of carbonyl (C=O) groups excluding carboxylic acids is 2. The van der Waals surface area contributed by atoms with Crippen LogP contribution in [0.1, 0.15) is 6.42 Å². The predicted molar refractivity (Wildman–Crippen MR) is 82.8 cm³/mol. The summed E-state index contributed by atoms with van der Waals surface area (Å²) in [4.78, 5) is 33.6. The van der Waals surface area contributed by atoms with Crippen molar-refractivity contribution in [2.24, 2.45) is 5.73 Å². The highest BCUT2D eigenvalue weighted by molar-refractivity contribution is 5.90. The lowest BCUT2D eigenvalue weighted by Gasteiger charge is -2.14. The van der Waals surface area contributed by atoms with Crippen LogP contribution in [0.2, 0.25) is 0 Å². The minimum atomic E-state index is -1.36. The molecule has 0 aliphatic rings. The van der Waals surface area contributed by atoms with Gasteiger partial charge in [0, 0.05) is 5.39 Å². The fourth-order valence-electron chi connectivity index (χ4n) is 2.10. The molecule has 0 aliphatic carbocycles. The van der Waals surface area contributed by atoms with Crippen molar-refractivity contribution in [3.63, 3.8) is 0 Å². The monoisotopic (exact) mass is 316 g/mol. The molecule has 0 saturated heterocycles. The SMILES string of the molecule is NC(=O)CC(NC(=O)COc1cccc2ccccc12)C(=O)O. The molecule has 0 bridgehead atoms. The molecule has 0 heterocycles. The fraction of sp³-hybridized carbons (Fsp3) is 0.188. The molecule has 23 heavy (non-hydrogen) atoms. The van der Waals surface area contributed by atoms with Crippen molar-refractivity contribution in [3.05, 3.63) is 42.5 Å². The van der Waals surface area contributed by atoms with E-state index in [0.717, 1.165) is 10.8 Å². The number of carboxylic acid groups (broad SMARTS) is 1. The van der Waals surface area contributed by atoms with Gasteiger partial charge in [0.15, 0.2) is 6.61 Å². The minimum Gasteiger partial charge on any atom is -0.483 e. The minimum absolute atomic E-state index is 0.365. The van der Waals surface area contributed by atoms with Crippen molar-refractivity contribution in [2.75, 3.05) is 6.61 Å². The van der Waals surface area contributed by atoms with Crippen molar-refractivity contribution in [1.29, 1.82) is 0 Å². The molecule has 7 nitrogen and oxygen atoms in total. The summed E-state index contributed by atoms with van der Waals surface area (Å²) < 4.78 is 5.45. The first-order valence-electron chi connectivity index (χ1n) is 6.88. The first-order chi connectivity index (χ1) is 11.0. The third-order valence-corrected chi connectivity index (χ3v) is 3.15. The van der Waals surface area contributed by atoms with Gasteiger partial charge in [0.05, 0.1) is 6.42 Å². The van der Waals surface area contributed by atoms with Crippen molar-refractivity contribution in [3.8, 4) is 5.75 Å². The van der Waals surface area contributed by atoms with Crippen LogP contribution in [0.4, 0.5) is 0 Å². The number of nitrogens with one attached hydrogen (secondary N) is 1. The average Bonchev–Trinajstić information content (AvgIpc) is 2.51. The van der Waals surface area contributed by atoms with Crippen LogP contribution in [0.25, 0.3) is 10.8 Å². The van der Waals surface area contributed by atoms with E-state index in [4.69, 9.17) is 15.6 Å². The van der Waals surface area contributed by atoms with Crippen LogP contribution < -0.4 is 15.8 Å². The summed E-state index contributed by atoms with van der Waals surface area (Å²) in [5, 5.41) is 12.9. The highest BCUT2D eigenvalue weighted by atomic mass is 16.5. The van der Waals surface area contributed by atoms with Gasteiger partial charge in [-0.15, -0.1) is 0 Å². The zero-order chi connectivity index (χ0) is 16.8. The van der Waals surface area contributed by atoms with Gasteiger partial charge in [-0.3, -0.25) is 9.59 Å². The molecule has 0 saturated carbocycles. The molecule has 120 valence electrons. The quantitative estimate of drug-likeness (QED) is 0.693. The number of primary amides is 1. The molecule has 0 aromatic heterocycles. The zero-order valence-electron chi connectivity index (χ0n) is 12.2. The number of ether oxygens (including phenoxy) is 1. The number of hydrogen-bond acceptors (Lipinski definition) is 4. The average molecular weight is 316 g/mol. The van der Waals surface area contributed by atoms with E-state index in [1.807, 2.05) is 30.3 Å². The Bertz CT molecular complexity index is 739. The number of fused-ring (bicyclic) bond motifs is 1. The standard InChI is InChI=1S/C16H16N2O5/c17-14(19)8-12(16(21)22)18-15(20)9-23-13-7-3-5-10-4-1-2-6-11(10)13/h1-7,12H,8-9H2,(H2,17,19)(H,18,20)(H,21,22). The Balaban J connectivity index is 2.00. The highest BCUT2D eigenvalue weighted by Gasteiger charge is 2.22. The van der Waals surface area contributed by atoms with Crippen LogP contribution in [-0.2, 0) is 14.4 Å². The van der Waals surface area contributed by atoms with Crippen LogP contribution in [0.3, 0.4) is 0 Å². The second-order valence-corrected chi connectivity index (χ2v) is 4.89. The molecule has 2 aromatic rings. The van der Waals surface area contributed by atoms with Crippen molar-refractivity contribution in [1.82, 2.24) is 5.32 Å². The fourth-order valence-corrected chi connectivity index (χ4v) is 2.10. The lowest BCUT2D eigenvalue weighted by molar-refractivity contribution is -0.143. The number of hydrogen-bond donors (Lipinski definition) is 3. The van der Waals surface area contributed by atoms with Gasteiger partial charge >= 0.3 is 5.97 Å². The predicted octanol–water partition coefficient (Wildman–Crippen LogP) is 0.663. The summed E-state index contributed by atoms with van der Waals surface area (Å²) in [6.07, 6.45) is -0.477. The topological polar surface area (TPSA) is 119 Å². The van der Waals surface area contributed by atoms with Gasteiger partial charge in [-0.2, -0.15) is 0 Å². The Morgan fingerprint density at radius 1 is 1.13 bits per heavy atom. The maximum absolute atomic E-state index is 11.8. The van der Waals surface area contributed by atoms with Gasteiger partial charge < -0.3 is 20.9 Å². The second-order valence-electron chi connectivity index (χ2n) is 4.89. The summed E-state index contributed by atoms with van der Waals surface area (Å²) in [7, 11) is 0. The van der Waals surface area contributed by atoms with E-state index in [9.17, 15) is 14.4 Å². The van der Waals surface area contributed by atoms with Gasteiger partial charge in [0.1, 0.15) is 11.8 Å². The largest absolute Gasteiger partial charge is 0.483 e. The highest BCUT2D eigenvalue weighted by Crippen LogP contribution is 2.24. The Morgan fingerprint density at radius 3 is 2.52 bits per heavy atom. The Labute approximate surface area is 132 Å². The maximum atomic E-state index is 11.8. The Hall–Kier alpha value is -3.09. The number of nitrogens with two attached hydrogens (primary N) is 1. The zero-order valence-corrected chi connectivity index (χ0v) is 12.2. The third-order valence-electron chi connectivity index (χ3n) is 3.15. The summed E-state index contributed by atoms with van der Waals surface area (Å²) >= 11 is 0. The molecule has 4 N–H and O–H groups in total. The van der Waals surface area contributed by atoms with E-state index >= 15 is 0 Å². The summed E-state index contributed by atoms with van der Waals surface area (Å²) in [6.45, 7) is -0.365. The van der Waals surface area contributed by atoms with Crippen LogP contribution in [0.5, 0.6) is 5.75 Å². The maximum Gasteiger partial charge on any atom is 0.326 e. The van der Waals surface area contributed by atoms with E-state index in [1.54, 1.807) is 12.1 Å². The molecule has 7 heteroatoms. The lowest BCUT2D eigenvalue weighted by atomic mass is 10.1. The summed E-state index contributed by atoms with van der Waals surface area (Å²) in [5.74, 6) is -2.28. The van der Waals surface area contributed by atoms with Gasteiger partial charge in [-0.05, 0) is 11.5 Å². The van der Waals surface area contributed by atoms with Crippen LogP contribution >= 0.6 is 0 Å². The normalized spacial score (nSPS) is 11.7. The number of aliphatic carboxylic acids is 1. The van der Waals surface area contributed by atoms with Crippen LogP contribution in [-0.4, -0.2) is 35.5 Å².